The first-order valence-corrected chi connectivity index (χ1v) is 3.73. The van der Waals surface area contributed by atoms with Crippen molar-refractivity contribution in [3.05, 3.63) is 16.5 Å². The van der Waals surface area contributed by atoms with Crippen molar-refractivity contribution in [1.29, 1.82) is 0 Å². The van der Waals surface area contributed by atoms with Gasteiger partial charge in [0.15, 0.2) is 0 Å². The average Bonchev–Trinajstić information content (AvgIpc) is 2.04. The molecule has 0 aromatic carbocycles. The van der Waals surface area contributed by atoms with Crippen LogP contribution >= 0.6 is 0 Å². The fraction of sp³-hybridized carbons (Fsp3) is 0.857. The Labute approximate surface area is 94.1 Å². The van der Waals surface area contributed by atoms with Crippen molar-refractivity contribution in [2.75, 3.05) is 7.11 Å². The van der Waals surface area contributed by atoms with E-state index in [-0.39, 0.29) is 40.6 Å². The molecule has 0 bridgehead atoms. The molecule has 1 aliphatic carbocycles. The standard InChI is InChI=1S/C7H12NO3.Na/c1-11-7-5-3-2-4-6(7)8(9)10;/h2,6-7H,3-5H2,1H3;/q-1;+1. The molecule has 1 fully saturated rings. The summed E-state index contributed by atoms with van der Waals surface area (Å²) in [5.74, 6) is 0. The Morgan fingerprint density at radius 3 is 2.75 bits per heavy atom. The molecule has 0 aromatic rings. The Morgan fingerprint density at radius 1 is 1.67 bits per heavy atom. The van der Waals surface area contributed by atoms with Crippen LogP contribution in [0.3, 0.4) is 0 Å². The van der Waals surface area contributed by atoms with Gasteiger partial charge in [0.1, 0.15) is 6.10 Å². The SMILES string of the molecule is COC1CC[CH-]CC1[N+](=O)[O-].[Na+]. The van der Waals surface area contributed by atoms with E-state index in [1.165, 1.54) is 7.11 Å². The number of nitro groups is 1. The zero-order chi connectivity index (χ0) is 8.27. The van der Waals surface area contributed by atoms with Crippen molar-refractivity contribution in [2.45, 2.75) is 31.4 Å². The van der Waals surface area contributed by atoms with E-state index < -0.39 is 6.04 Å². The molecule has 0 radical (unpaired) electrons. The van der Waals surface area contributed by atoms with Crippen LogP contribution < -0.4 is 29.6 Å². The fourth-order valence-electron chi connectivity index (χ4n) is 1.41. The molecule has 12 heavy (non-hydrogen) atoms. The van der Waals surface area contributed by atoms with Crippen molar-refractivity contribution >= 4 is 0 Å². The van der Waals surface area contributed by atoms with Gasteiger partial charge < -0.3 is 11.2 Å². The van der Waals surface area contributed by atoms with Gasteiger partial charge in [0.05, 0.1) is 0 Å². The molecule has 2 atom stereocenters. The molecule has 4 nitrogen and oxygen atoms in total. The maximum Gasteiger partial charge on any atom is 1.00 e. The maximum atomic E-state index is 10.4. The summed E-state index contributed by atoms with van der Waals surface area (Å²) in [6.45, 7) is 0. The maximum absolute atomic E-state index is 10.4. The van der Waals surface area contributed by atoms with Crippen LogP contribution in [0.15, 0.2) is 0 Å². The number of methoxy groups -OCH3 is 1. The normalized spacial score (nSPS) is 29.1. The predicted molar refractivity (Wildman–Crippen MR) is 39.7 cm³/mol. The first kappa shape index (κ1) is 12.4. The summed E-state index contributed by atoms with van der Waals surface area (Å²) in [6.07, 6.45) is 4.04. The third-order valence-electron chi connectivity index (χ3n) is 2.07. The second-order valence-corrected chi connectivity index (χ2v) is 2.73. The van der Waals surface area contributed by atoms with Gasteiger partial charge in [-0.25, -0.2) is 0 Å². The molecule has 0 saturated heterocycles. The number of hydrogen-bond donors (Lipinski definition) is 0. The van der Waals surface area contributed by atoms with Crippen LogP contribution in [0, 0.1) is 16.5 Å². The Bertz CT molecular complexity index is 154. The minimum Gasteiger partial charge on any atom is -0.375 e. The molecule has 0 heterocycles. The van der Waals surface area contributed by atoms with E-state index in [1.54, 1.807) is 0 Å². The number of hydrogen-bond acceptors (Lipinski definition) is 3. The summed E-state index contributed by atoms with van der Waals surface area (Å²) < 4.78 is 5.00. The number of ether oxygens (including phenoxy) is 1. The van der Waals surface area contributed by atoms with Crippen molar-refractivity contribution < 1.29 is 39.2 Å². The van der Waals surface area contributed by atoms with E-state index in [0.29, 0.717) is 6.42 Å². The summed E-state index contributed by atoms with van der Waals surface area (Å²) in [5.41, 5.74) is 0. The van der Waals surface area contributed by atoms with Crippen LogP contribution in [0.2, 0.25) is 0 Å². The third kappa shape index (κ3) is 3.01. The van der Waals surface area contributed by atoms with Gasteiger partial charge in [-0.05, 0) is 6.42 Å². The minimum atomic E-state index is -0.520. The smallest absolute Gasteiger partial charge is 0.375 e. The van der Waals surface area contributed by atoms with Crippen LogP contribution in [0.1, 0.15) is 19.3 Å². The van der Waals surface area contributed by atoms with E-state index in [1.807, 2.05) is 6.42 Å². The number of nitrogens with zero attached hydrogens (tertiary/aromatic N) is 1. The molecule has 2 unspecified atom stereocenters. The average molecular weight is 181 g/mol. The Morgan fingerprint density at radius 2 is 2.33 bits per heavy atom. The summed E-state index contributed by atoms with van der Waals surface area (Å²) >= 11 is 0. The van der Waals surface area contributed by atoms with Gasteiger partial charge in [-0.15, -0.1) is 6.42 Å². The van der Waals surface area contributed by atoms with Gasteiger partial charge >= 0.3 is 29.6 Å². The molecule has 0 aliphatic heterocycles. The zero-order valence-electron chi connectivity index (χ0n) is 7.53. The van der Waals surface area contributed by atoms with Crippen LogP contribution in [-0.4, -0.2) is 24.2 Å². The molecule has 0 spiro atoms. The van der Waals surface area contributed by atoms with Gasteiger partial charge in [0.25, 0.3) is 0 Å². The Hall–Kier alpha value is 0.360. The van der Waals surface area contributed by atoms with Gasteiger partial charge in [0.2, 0.25) is 6.04 Å². The van der Waals surface area contributed by atoms with E-state index in [9.17, 15) is 10.1 Å². The second-order valence-electron chi connectivity index (χ2n) is 2.73. The van der Waals surface area contributed by atoms with E-state index in [0.717, 1.165) is 12.8 Å². The summed E-state index contributed by atoms with van der Waals surface area (Å²) in [5, 5.41) is 10.4. The Balaban J connectivity index is 0.00000121. The van der Waals surface area contributed by atoms with Crippen LogP contribution in [0.25, 0.3) is 0 Å². The van der Waals surface area contributed by atoms with Gasteiger partial charge in [-0.3, -0.25) is 10.1 Å². The van der Waals surface area contributed by atoms with E-state index >= 15 is 0 Å². The van der Waals surface area contributed by atoms with Crippen LogP contribution in [0.4, 0.5) is 0 Å². The summed E-state index contributed by atoms with van der Waals surface area (Å²) in [6, 6.07) is -0.520. The second kappa shape index (κ2) is 5.91. The van der Waals surface area contributed by atoms with E-state index in [2.05, 4.69) is 0 Å². The quantitative estimate of drug-likeness (QED) is 0.215. The molecular weight excluding hydrogens is 169 g/mol. The molecule has 1 rings (SSSR count). The summed E-state index contributed by atoms with van der Waals surface area (Å²) in [7, 11) is 1.53. The van der Waals surface area contributed by atoms with Crippen molar-refractivity contribution in [1.82, 2.24) is 0 Å². The molecule has 1 saturated carbocycles. The number of rotatable bonds is 2. The van der Waals surface area contributed by atoms with Gasteiger partial charge in [0, 0.05) is 12.0 Å². The predicted octanol–water partition coefficient (Wildman–Crippen LogP) is -1.96. The first-order valence-electron chi connectivity index (χ1n) is 3.73. The molecule has 0 N–H and O–H groups in total. The van der Waals surface area contributed by atoms with E-state index in [4.69, 9.17) is 4.74 Å². The van der Waals surface area contributed by atoms with Gasteiger partial charge in [-0.1, -0.05) is 0 Å². The Kier molecular flexibility index (Phi) is 6.09. The molecule has 0 amide bonds. The molecule has 5 heteroatoms. The first-order chi connectivity index (χ1) is 5.25. The van der Waals surface area contributed by atoms with Crippen molar-refractivity contribution in [3.8, 4) is 0 Å². The largest absolute Gasteiger partial charge is 1.00 e. The molecule has 1 aliphatic rings. The molecular formula is C7H12NNaO3. The van der Waals surface area contributed by atoms with Crippen LogP contribution in [0.5, 0.6) is 0 Å². The van der Waals surface area contributed by atoms with Gasteiger partial charge in [-0.2, -0.15) is 6.42 Å². The zero-order valence-corrected chi connectivity index (χ0v) is 9.53. The van der Waals surface area contributed by atoms with Crippen LogP contribution in [-0.2, 0) is 4.74 Å². The minimum absolute atomic E-state index is 0. The summed E-state index contributed by atoms with van der Waals surface area (Å²) in [4.78, 5) is 10.2. The van der Waals surface area contributed by atoms with Crippen molar-refractivity contribution in [2.24, 2.45) is 0 Å². The monoisotopic (exact) mass is 181 g/mol. The van der Waals surface area contributed by atoms with Crippen molar-refractivity contribution in [3.63, 3.8) is 0 Å². The topological polar surface area (TPSA) is 52.4 Å². The fourth-order valence-corrected chi connectivity index (χ4v) is 1.41. The third-order valence-corrected chi connectivity index (χ3v) is 2.07. The molecule has 0 aromatic heterocycles. The molecule has 64 valence electrons.